The van der Waals surface area contributed by atoms with Crippen LogP contribution in [0.4, 0.5) is 18.9 Å². The molecule has 1 N–H and O–H groups in total. The second-order valence-corrected chi connectivity index (χ2v) is 5.55. The van der Waals surface area contributed by atoms with Gasteiger partial charge in [0, 0.05) is 12.3 Å². The standard InChI is InChI=1S/C11H10F3NO3S/c1-3-6-15-9-5-4-8(19(2,16)17)7-10(9)18-11(12,13)14/h1,4-5,7,15H,6H2,2H3. The van der Waals surface area contributed by atoms with E-state index in [4.69, 9.17) is 6.42 Å². The van der Waals surface area contributed by atoms with Crippen molar-refractivity contribution in [2.45, 2.75) is 11.3 Å². The zero-order valence-electron chi connectivity index (χ0n) is 9.78. The first-order chi connectivity index (χ1) is 8.63. The van der Waals surface area contributed by atoms with E-state index < -0.39 is 21.9 Å². The molecule has 0 aliphatic rings. The smallest absolute Gasteiger partial charge is 0.404 e. The molecule has 0 aromatic heterocycles. The SMILES string of the molecule is C#CCNc1ccc(S(C)(=O)=O)cc1OC(F)(F)F. The van der Waals surface area contributed by atoms with Crippen LogP contribution >= 0.6 is 0 Å². The summed E-state index contributed by atoms with van der Waals surface area (Å²) in [5, 5.41) is 2.51. The van der Waals surface area contributed by atoms with Crippen LogP contribution in [0.5, 0.6) is 5.75 Å². The van der Waals surface area contributed by atoms with Gasteiger partial charge in [-0.2, -0.15) is 0 Å². The molecule has 8 heteroatoms. The van der Waals surface area contributed by atoms with E-state index >= 15 is 0 Å². The number of nitrogens with one attached hydrogen (secondary N) is 1. The molecule has 0 heterocycles. The van der Waals surface area contributed by atoms with E-state index in [0.29, 0.717) is 0 Å². The Labute approximate surface area is 108 Å². The Morgan fingerprint density at radius 2 is 2.05 bits per heavy atom. The number of terminal acetylenes is 1. The number of benzene rings is 1. The average Bonchev–Trinajstić information content (AvgIpc) is 2.24. The van der Waals surface area contributed by atoms with Crippen LogP contribution in [-0.4, -0.2) is 27.6 Å². The van der Waals surface area contributed by atoms with E-state index in [0.717, 1.165) is 24.5 Å². The first-order valence-electron chi connectivity index (χ1n) is 4.90. The molecule has 0 radical (unpaired) electrons. The summed E-state index contributed by atoms with van der Waals surface area (Å²) in [6, 6.07) is 3.12. The molecule has 0 fully saturated rings. The van der Waals surface area contributed by atoms with Gasteiger partial charge in [0.05, 0.1) is 17.1 Å². The molecule has 0 amide bonds. The topological polar surface area (TPSA) is 55.4 Å². The highest BCUT2D eigenvalue weighted by molar-refractivity contribution is 7.90. The number of halogens is 3. The van der Waals surface area contributed by atoms with Crippen LogP contribution in [0.25, 0.3) is 0 Å². The third-order valence-electron chi connectivity index (χ3n) is 1.99. The van der Waals surface area contributed by atoms with Gasteiger partial charge < -0.3 is 10.1 Å². The molecule has 0 aliphatic carbocycles. The van der Waals surface area contributed by atoms with Gasteiger partial charge in [-0.05, 0) is 12.1 Å². The Bertz CT molecular complexity index is 603. The van der Waals surface area contributed by atoms with Gasteiger partial charge in [0.15, 0.2) is 15.6 Å². The van der Waals surface area contributed by atoms with Crippen LogP contribution in [0.2, 0.25) is 0 Å². The molecule has 0 atom stereocenters. The monoisotopic (exact) mass is 293 g/mol. The highest BCUT2D eigenvalue weighted by atomic mass is 32.2. The van der Waals surface area contributed by atoms with Crippen molar-refractivity contribution in [3.05, 3.63) is 18.2 Å². The number of hydrogen-bond acceptors (Lipinski definition) is 4. The van der Waals surface area contributed by atoms with Crippen molar-refractivity contribution < 1.29 is 26.3 Å². The van der Waals surface area contributed by atoms with E-state index in [-0.39, 0.29) is 17.1 Å². The van der Waals surface area contributed by atoms with Gasteiger partial charge in [-0.15, -0.1) is 19.6 Å². The Morgan fingerprint density at radius 3 is 2.53 bits per heavy atom. The van der Waals surface area contributed by atoms with Crippen molar-refractivity contribution in [2.24, 2.45) is 0 Å². The summed E-state index contributed by atoms with van der Waals surface area (Å²) in [7, 11) is -3.63. The zero-order chi connectivity index (χ0) is 14.7. The number of rotatable bonds is 4. The normalized spacial score (nSPS) is 11.7. The highest BCUT2D eigenvalue weighted by Gasteiger charge is 2.32. The van der Waals surface area contributed by atoms with Crippen molar-refractivity contribution in [3.63, 3.8) is 0 Å². The Balaban J connectivity index is 3.23. The first-order valence-corrected chi connectivity index (χ1v) is 6.80. The van der Waals surface area contributed by atoms with Crippen LogP contribution in [0, 0.1) is 12.3 Å². The van der Waals surface area contributed by atoms with Gasteiger partial charge >= 0.3 is 6.36 Å². The van der Waals surface area contributed by atoms with Crippen LogP contribution in [0.3, 0.4) is 0 Å². The first kappa shape index (κ1) is 15.2. The second kappa shape index (κ2) is 5.40. The predicted octanol–water partition coefficient (Wildman–Crippen LogP) is 2.03. The minimum absolute atomic E-state index is 0.0214. The van der Waals surface area contributed by atoms with Crippen molar-refractivity contribution in [2.75, 3.05) is 18.1 Å². The number of ether oxygens (including phenoxy) is 1. The molecular formula is C11H10F3NO3S. The molecule has 104 valence electrons. The molecule has 0 unspecified atom stereocenters. The lowest BCUT2D eigenvalue weighted by atomic mass is 10.3. The van der Waals surface area contributed by atoms with Crippen LogP contribution in [0.1, 0.15) is 0 Å². The maximum Gasteiger partial charge on any atom is 0.573 e. The number of hydrogen-bond donors (Lipinski definition) is 1. The minimum Gasteiger partial charge on any atom is -0.404 e. The number of alkyl halides is 3. The van der Waals surface area contributed by atoms with Gasteiger partial charge in [-0.1, -0.05) is 5.92 Å². The van der Waals surface area contributed by atoms with Gasteiger partial charge in [0.1, 0.15) is 0 Å². The lowest BCUT2D eigenvalue weighted by Gasteiger charge is -2.14. The van der Waals surface area contributed by atoms with E-state index in [2.05, 4.69) is 16.0 Å². The molecule has 0 saturated carbocycles. The zero-order valence-corrected chi connectivity index (χ0v) is 10.6. The summed E-state index contributed by atoms with van der Waals surface area (Å²) >= 11 is 0. The van der Waals surface area contributed by atoms with Crippen molar-refractivity contribution in [1.82, 2.24) is 0 Å². The van der Waals surface area contributed by atoms with Gasteiger partial charge in [0.2, 0.25) is 0 Å². The summed E-state index contributed by atoms with van der Waals surface area (Å²) in [4.78, 5) is -0.280. The largest absolute Gasteiger partial charge is 0.573 e. The summed E-state index contributed by atoms with van der Waals surface area (Å²) in [5.74, 6) is 1.54. The average molecular weight is 293 g/mol. The molecule has 1 aromatic carbocycles. The predicted molar refractivity (Wildman–Crippen MR) is 63.6 cm³/mol. The fourth-order valence-electron chi connectivity index (χ4n) is 1.23. The van der Waals surface area contributed by atoms with Crippen LogP contribution < -0.4 is 10.1 Å². The molecule has 0 spiro atoms. The van der Waals surface area contributed by atoms with Crippen molar-refractivity contribution >= 4 is 15.5 Å². The fraction of sp³-hybridized carbons (Fsp3) is 0.273. The molecule has 19 heavy (non-hydrogen) atoms. The van der Waals surface area contributed by atoms with Gasteiger partial charge in [-0.25, -0.2) is 8.42 Å². The summed E-state index contributed by atoms with van der Waals surface area (Å²) < 4.78 is 63.0. The minimum atomic E-state index is -4.93. The Hall–Kier alpha value is -1.88. The number of sulfone groups is 1. The van der Waals surface area contributed by atoms with Gasteiger partial charge in [-0.3, -0.25) is 0 Å². The fourth-order valence-corrected chi connectivity index (χ4v) is 1.87. The third kappa shape index (κ3) is 4.71. The number of anilines is 1. The molecule has 0 saturated heterocycles. The summed E-state index contributed by atoms with van der Waals surface area (Å²) in [6.45, 7) is -0.0214. The third-order valence-corrected chi connectivity index (χ3v) is 3.10. The molecule has 1 aromatic rings. The maximum absolute atomic E-state index is 12.2. The van der Waals surface area contributed by atoms with Crippen molar-refractivity contribution in [1.29, 1.82) is 0 Å². The Morgan fingerprint density at radius 1 is 1.42 bits per heavy atom. The van der Waals surface area contributed by atoms with E-state index in [1.165, 1.54) is 0 Å². The van der Waals surface area contributed by atoms with E-state index in [9.17, 15) is 21.6 Å². The maximum atomic E-state index is 12.2. The lowest BCUT2D eigenvalue weighted by Crippen LogP contribution is -2.18. The van der Waals surface area contributed by atoms with Crippen LogP contribution in [0.15, 0.2) is 23.1 Å². The van der Waals surface area contributed by atoms with E-state index in [1.807, 2.05) is 0 Å². The second-order valence-electron chi connectivity index (χ2n) is 3.54. The van der Waals surface area contributed by atoms with Crippen molar-refractivity contribution in [3.8, 4) is 18.1 Å². The van der Waals surface area contributed by atoms with Gasteiger partial charge in [0.25, 0.3) is 0 Å². The highest BCUT2D eigenvalue weighted by Crippen LogP contribution is 2.32. The summed E-state index contributed by atoms with van der Waals surface area (Å²) in [6.07, 6.45) is 0.937. The molecule has 0 bridgehead atoms. The Kier molecular flexibility index (Phi) is 4.32. The summed E-state index contributed by atoms with van der Waals surface area (Å²) in [5.41, 5.74) is -0.0392. The molecule has 4 nitrogen and oxygen atoms in total. The molecule has 1 rings (SSSR count). The van der Waals surface area contributed by atoms with E-state index in [1.54, 1.807) is 0 Å². The molecular weight excluding hydrogens is 283 g/mol. The molecule has 0 aliphatic heterocycles. The lowest BCUT2D eigenvalue weighted by molar-refractivity contribution is -0.274. The quantitative estimate of drug-likeness (QED) is 0.863. The van der Waals surface area contributed by atoms with Crippen LogP contribution in [-0.2, 0) is 9.84 Å².